The number of carbonyl (C=O) groups is 1. The maximum atomic E-state index is 11.5. The van der Waals surface area contributed by atoms with Crippen LogP contribution in [0, 0.1) is 0 Å². The minimum absolute atomic E-state index is 0.0125. The molecule has 0 atom stereocenters. The fourth-order valence-electron chi connectivity index (χ4n) is 0.260. The van der Waals surface area contributed by atoms with Crippen LogP contribution in [0.3, 0.4) is 0 Å². The van der Waals surface area contributed by atoms with Gasteiger partial charge >= 0.3 is 16.5 Å². The Bertz CT molecular complexity index is 211. The molecule has 0 saturated heterocycles. The van der Waals surface area contributed by atoms with Crippen molar-refractivity contribution in [2.75, 3.05) is 6.61 Å². The maximum absolute atomic E-state index is 11.5. The van der Waals surface area contributed by atoms with Crippen molar-refractivity contribution in [1.29, 1.82) is 0 Å². The predicted octanol–water partition coefficient (Wildman–Crippen LogP) is -0.0532. The molecule has 0 radical (unpaired) electrons. The third-order valence-electron chi connectivity index (χ3n) is 0.481. The zero-order valence-corrected chi connectivity index (χ0v) is 5.94. The van der Waals surface area contributed by atoms with Gasteiger partial charge in [0.15, 0.2) is 0 Å². The van der Waals surface area contributed by atoms with E-state index in [1.807, 2.05) is 0 Å². The third-order valence-corrected chi connectivity index (χ3v) is 0.891. The van der Waals surface area contributed by atoms with Crippen LogP contribution in [0.4, 0.5) is 8.68 Å². The molecule has 5 nitrogen and oxygen atoms in total. The van der Waals surface area contributed by atoms with Gasteiger partial charge in [0.25, 0.3) is 0 Å². The van der Waals surface area contributed by atoms with Gasteiger partial charge in [-0.05, 0) is 6.92 Å². The fraction of sp³-hybridized carbons (Fsp3) is 0.667. The molecule has 0 aromatic heterocycles. The zero-order chi connectivity index (χ0) is 8.20. The summed E-state index contributed by atoms with van der Waals surface area (Å²) in [4.78, 5) is 10.1. The highest BCUT2D eigenvalue weighted by Gasteiger charge is 2.11. The number of ether oxygens (including phenoxy) is 1. The number of rotatable bonds is 2. The van der Waals surface area contributed by atoms with Crippen LogP contribution in [-0.2, 0) is 15.1 Å². The molecule has 0 bridgehead atoms. The molecule has 0 aromatic carbocycles. The lowest BCUT2D eigenvalue weighted by atomic mass is 10.9. The van der Waals surface area contributed by atoms with Crippen molar-refractivity contribution in [1.82, 2.24) is 4.72 Å². The first-order valence-electron chi connectivity index (χ1n) is 2.35. The summed E-state index contributed by atoms with van der Waals surface area (Å²) in [5.74, 6) is 0. The van der Waals surface area contributed by atoms with Gasteiger partial charge in [-0.15, -0.1) is 0 Å². The van der Waals surface area contributed by atoms with E-state index in [0.29, 0.717) is 0 Å². The van der Waals surface area contributed by atoms with Crippen LogP contribution < -0.4 is 4.72 Å². The highest BCUT2D eigenvalue weighted by molar-refractivity contribution is 7.84. The Morgan fingerprint density at radius 1 is 1.70 bits per heavy atom. The van der Waals surface area contributed by atoms with E-state index in [4.69, 9.17) is 0 Å². The van der Waals surface area contributed by atoms with Crippen LogP contribution >= 0.6 is 0 Å². The van der Waals surface area contributed by atoms with Gasteiger partial charge in [-0.25, -0.2) is 4.79 Å². The summed E-state index contributed by atoms with van der Waals surface area (Å²) in [6.07, 6.45) is -1.31. The summed E-state index contributed by atoms with van der Waals surface area (Å²) < 4.78 is 35.8. The third kappa shape index (κ3) is 5.29. The molecule has 0 aliphatic heterocycles. The smallest absolute Gasteiger partial charge is 0.422 e. The van der Waals surface area contributed by atoms with Crippen molar-refractivity contribution in [2.45, 2.75) is 6.92 Å². The molecule has 0 heterocycles. The van der Waals surface area contributed by atoms with E-state index in [2.05, 4.69) is 4.74 Å². The Balaban J connectivity index is 3.82. The van der Waals surface area contributed by atoms with E-state index in [1.54, 1.807) is 0 Å². The Morgan fingerprint density at radius 2 is 2.20 bits per heavy atom. The molecule has 0 aromatic rings. The molecule has 1 N–H and O–H groups in total. The summed E-state index contributed by atoms with van der Waals surface area (Å²) in [6, 6.07) is 0. The van der Waals surface area contributed by atoms with Crippen LogP contribution in [0.25, 0.3) is 0 Å². The van der Waals surface area contributed by atoms with Crippen molar-refractivity contribution in [3.8, 4) is 0 Å². The van der Waals surface area contributed by atoms with Gasteiger partial charge in [0.2, 0.25) is 0 Å². The molecular weight excluding hydrogens is 165 g/mol. The largest absolute Gasteiger partial charge is 0.449 e. The highest BCUT2D eigenvalue weighted by atomic mass is 32.3. The van der Waals surface area contributed by atoms with Gasteiger partial charge in [0, 0.05) is 0 Å². The van der Waals surface area contributed by atoms with Crippen molar-refractivity contribution in [3.63, 3.8) is 0 Å². The minimum Gasteiger partial charge on any atom is -0.449 e. The summed E-state index contributed by atoms with van der Waals surface area (Å²) in [7, 11) is -4.97. The molecule has 0 unspecified atom stereocenters. The van der Waals surface area contributed by atoms with Gasteiger partial charge in [-0.3, -0.25) is 0 Å². The van der Waals surface area contributed by atoms with E-state index < -0.39 is 16.5 Å². The summed E-state index contributed by atoms with van der Waals surface area (Å²) in [5.41, 5.74) is 0. The van der Waals surface area contributed by atoms with E-state index in [0.717, 1.165) is 4.72 Å². The summed E-state index contributed by atoms with van der Waals surface area (Å²) >= 11 is 0. The number of hydrogen-bond donors (Lipinski definition) is 1. The normalized spacial score (nSPS) is 10.6. The molecule has 0 spiro atoms. The van der Waals surface area contributed by atoms with Gasteiger partial charge < -0.3 is 4.74 Å². The standard InChI is InChI=1S/C3H6FNO4S/c1-2-9-3(6)5-10(4,7)8/h2H2,1H3,(H,5,6). The van der Waals surface area contributed by atoms with Crippen molar-refractivity contribution in [2.24, 2.45) is 0 Å². The average molecular weight is 171 g/mol. The average Bonchev–Trinajstić information content (AvgIpc) is 1.59. The second kappa shape index (κ2) is 3.35. The maximum Gasteiger partial charge on any atom is 0.422 e. The van der Waals surface area contributed by atoms with Crippen LogP contribution in [0.1, 0.15) is 6.92 Å². The molecule has 1 amide bonds. The molecule has 0 saturated carbocycles. The minimum atomic E-state index is -4.97. The molecule has 7 heteroatoms. The van der Waals surface area contributed by atoms with Gasteiger partial charge in [-0.2, -0.15) is 13.1 Å². The van der Waals surface area contributed by atoms with Gasteiger partial charge in [-0.1, -0.05) is 3.89 Å². The van der Waals surface area contributed by atoms with Crippen LogP contribution in [0.5, 0.6) is 0 Å². The van der Waals surface area contributed by atoms with Crippen LogP contribution in [-0.4, -0.2) is 21.1 Å². The molecule has 0 aliphatic rings. The second-order valence-electron chi connectivity index (χ2n) is 1.26. The van der Waals surface area contributed by atoms with Gasteiger partial charge in [0.1, 0.15) is 0 Å². The Morgan fingerprint density at radius 3 is 2.50 bits per heavy atom. The van der Waals surface area contributed by atoms with E-state index in [9.17, 15) is 17.1 Å². The highest BCUT2D eigenvalue weighted by Crippen LogP contribution is 1.85. The molecule has 60 valence electrons. The van der Waals surface area contributed by atoms with Crippen molar-refractivity contribution >= 4 is 16.5 Å². The number of nitrogens with one attached hydrogen (secondary N) is 1. The van der Waals surface area contributed by atoms with Crippen molar-refractivity contribution in [3.05, 3.63) is 0 Å². The summed E-state index contributed by atoms with van der Waals surface area (Å²) in [6.45, 7) is 1.45. The quantitative estimate of drug-likeness (QED) is 0.591. The molecule has 0 rings (SSSR count). The van der Waals surface area contributed by atoms with Crippen LogP contribution in [0.2, 0.25) is 0 Å². The van der Waals surface area contributed by atoms with Crippen molar-refractivity contribution < 1.29 is 21.8 Å². The molecule has 10 heavy (non-hydrogen) atoms. The lowest BCUT2D eigenvalue weighted by Crippen LogP contribution is -2.27. The molecule has 0 fully saturated rings. The fourth-order valence-corrected chi connectivity index (χ4v) is 0.518. The predicted molar refractivity (Wildman–Crippen MR) is 30.2 cm³/mol. The van der Waals surface area contributed by atoms with Crippen LogP contribution in [0.15, 0.2) is 0 Å². The van der Waals surface area contributed by atoms with E-state index in [1.165, 1.54) is 6.92 Å². The van der Waals surface area contributed by atoms with E-state index >= 15 is 0 Å². The zero-order valence-electron chi connectivity index (χ0n) is 5.13. The van der Waals surface area contributed by atoms with E-state index in [-0.39, 0.29) is 6.61 Å². The first-order valence-corrected chi connectivity index (χ1v) is 3.73. The Labute approximate surface area is 57.5 Å². The monoisotopic (exact) mass is 171 g/mol. The lowest BCUT2D eigenvalue weighted by molar-refractivity contribution is 0.158. The Hall–Kier alpha value is -0.850. The number of hydrogen-bond acceptors (Lipinski definition) is 4. The first kappa shape index (κ1) is 9.15. The molecule has 0 aliphatic carbocycles. The first-order chi connectivity index (χ1) is 4.45. The number of carbonyl (C=O) groups excluding carboxylic acids is 1. The SMILES string of the molecule is CCOC(=O)NS(=O)(=O)F. The van der Waals surface area contributed by atoms with Gasteiger partial charge in [0.05, 0.1) is 6.61 Å². The topological polar surface area (TPSA) is 72.5 Å². The number of amides is 1. The lowest BCUT2D eigenvalue weighted by Gasteiger charge is -1.98. The Kier molecular flexibility index (Phi) is 3.07. The second-order valence-corrected chi connectivity index (χ2v) is 2.34. The molecular formula is C3H6FNO4S. The number of halogens is 1. The summed E-state index contributed by atoms with van der Waals surface area (Å²) in [5, 5.41) is 0.